The summed E-state index contributed by atoms with van der Waals surface area (Å²) in [6, 6.07) is 10.4. The molecule has 1 heterocycles. The number of hydrogen-bond acceptors (Lipinski definition) is 3. The van der Waals surface area contributed by atoms with E-state index in [0.717, 1.165) is 37.1 Å². The maximum absolute atomic E-state index is 10.8. The lowest BCUT2D eigenvalue weighted by Gasteiger charge is -2.13. The summed E-state index contributed by atoms with van der Waals surface area (Å²) < 4.78 is 1.87. The third kappa shape index (κ3) is 5.53. The SMILES string of the molecule is C[C@H](CCC[C@H](C)NCc1cnn(-c2ccccc2)c1)C(=O)O. The minimum Gasteiger partial charge on any atom is -0.481 e. The summed E-state index contributed by atoms with van der Waals surface area (Å²) in [7, 11) is 0. The van der Waals surface area contributed by atoms with Crippen LogP contribution in [-0.2, 0) is 11.3 Å². The van der Waals surface area contributed by atoms with E-state index in [-0.39, 0.29) is 5.92 Å². The molecule has 1 aromatic heterocycles. The fourth-order valence-electron chi connectivity index (χ4n) is 2.42. The molecule has 2 rings (SSSR count). The Bertz CT molecular complexity index is 610. The van der Waals surface area contributed by atoms with Crippen molar-refractivity contribution in [2.45, 2.75) is 45.7 Å². The summed E-state index contributed by atoms with van der Waals surface area (Å²) in [6.07, 6.45) is 6.53. The highest BCUT2D eigenvalue weighted by Crippen LogP contribution is 2.11. The first-order valence-electron chi connectivity index (χ1n) is 8.11. The highest BCUT2D eigenvalue weighted by molar-refractivity contribution is 5.69. The first-order chi connectivity index (χ1) is 11.1. The van der Waals surface area contributed by atoms with E-state index in [1.54, 1.807) is 6.92 Å². The molecule has 0 saturated heterocycles. The summed E-state index contributed by atoms with van der Waals surface area (Å²) >= 11 is 0. The molecule has 0 fully saturated rings. The van der Waals surface area contributed by atoms with Gasteiger partial charge in [0.1, 0.15) is 0 Å². The van der Waals surface area contributed by atoms with Gasteiger partial charge in [-0.3, -0.25) is 4.79 Å². The normalized spacial score (nSPS) is 13.7. The molecule has 0 unspecified atom stereocenters. The molecule has 2 atom stereocenters. The van der Waals surface area contributed by atoms with E-state index in [4.69, 9.17) is 5.11 Å². The lowest BCUT2D eigenvalue weighted by atomic mass is 10.0. The standard InChI is InChI=1S/C18H25N3O2/c1-14(18(22)23)7-6-8-15(2)19-11-16-12-20-21(13-16)17-9-4-3-5-10-17/h3-5,9-10,12-15,19H,6-8,11H2,1-2H3,(H,22,23)/t14-,15+/m1/s1. The molecule has 5 nitrogen and oxygen atoms in total. The van der Waals surface area contributed by atoms with Crippen molar-refractivity contribution >= 4 is 5.97 Å². The van der Waals surface area contributed by atoms with Gasteiger partial charge in [-0.15, -0.1) is 0 Å². The second-order valence-electron chi connectivity index (χ2n) is 6.08. The predicted molar refractivity (Wildman–Crippen MR) is 90.5 cm³/mol. The molecular formula is C18H25N3O2. The second kappa shape index (κ2) is 8.48. The van der Waals surface area contributed by atoms with Crippen molar-refractivity contribution in [2.75, 3.05) is 0 Å². The molecule has 23 heavy (non-hydrogen) atoms. The Kier molecular flexibility index (Phi) is 6.35. The van der Waals surface area contributed by atoms with Crippen LogP contribution in [-0.4, -0.2) is 26.9 Å². The Morgan fingerprint density at radius 3 is 2.70 bits per heavy atom. The van der Waals surface area contributed by atoms with Crippen LogP contribution >= 0.6 is 0 Å². The van der Waals surface area contributed by atoms with E-state index in [2.05, 4.69) is 17.3 Å². The average molecular weight is 315 g/mol. The van der Waals surface area contributed by atoms with Crippen LogP contribution in [0.5, 0.6) is 0 Å². The van der Waals surface area contributed by atoms with E-state index in [9.17, 15) is 4.79 Å². The summed E-state index contributed by atoms with van der Waals surface area (Å²) in [5.74, 6) is -0.967. The number of benzene rings is 1. The van der Waals surface area contributed by atoms with Crippen molar-refractivity contribution in [1.29, 1.82) is 0 Å². The molecule has 2 N–H and O–H groups in total. The molecule has 2 aromatic rings. The molecule has 0 radical (unpaired) electrons. The Morgan fingerprint density at radius 1 is 1.26 bits per heavy atom. The van der Waals surface area contributed by atoms with Crippen LogP contribution in [0.2, 0.25) is 0 Å². The first kappa shape index (κ1) is 17.2. The van der Waals surface area contributed by atoms with E-state index in [0.29, 0.717) is 6.04 Å². The number of nitrogens with one attached hydrogen (secondary N) is 1. The van der Waals surface area contributed by atoms with Crippen LogP contribution in [0, 0.1) is 5.92 Å². The number of aliphatic carboxylic acids is 1. The number of nitrogens with zero attached hydrogens (tertiary/aromatic N) is 2. The molecule has 0 aliphatic heterocycles. The number of carbonyl (C=O) groups is 1. The minimum absolute atomic E-state index is 0.258. The van der Waals surface area contributed by atoms with Gasteiger partial charge >= 0.3 is 5.97 Å². The van der Waals surface area contributed by atoms with E-state index >= 15 is 0 Å². The molecule has 0 aliphatic carbocycles. The van der Waals surface area contributed by atoms with Gasteiger partial charge in [-0.05, 0) is 31.9 Å². The van der Waals surface area contributed by atoms with Crippen molar-refractivity contribution in [3.8, 4) is 5.69 Å². The third-order valence-corrected chi connectivity index (χ3v) is 4.01. The van der Waals surface area contributed by atoms with Gasteiger partial charge in [-0.2, -0.15) is 5.10 Å². The van der Waals surface area contributed by atoms with Crippen LogP contribution in [0.15, 0.2) is 42.7 Å². The van der Waals surface area contributed by atoms with Gasteiger partial charge in [-0.1, -0.05) is 31.5 Å². The van der Waals surface area contributed by atoms with E-state index in [1.807, 2.05) is 47.4 Å². The maximum atomic E-state index is 10.8. The van der Waals surface area contributed by atoms with Crippen molar-refractivity contribution in [3.63, 3.8) is 0 Å². The number of rotatable bonds is 9. The number of carboxylic acids is 1. The predicted octanol–water partition coefficient (Wildman–Crippen LogP) is 3.24. The van der Waals surface area contributed by atoms with Crippen molar-refractivity contribution in [1.82, 2.24) is 15.1 Å². The number of aromatic nitrogens is 2. The Balaban J connectivity index is 1.74. The van der Waals surface area contributed by atoms with Crippen LogP contribution in [0.3, 0.4) is 0 Å². The van der Waals surface area contributed by atoms with Gasteiger partial charge in [0.15, 0.2) is 0 Å². The highest BCUT2D eigenvalue weighted by atomic mass is 16.4. The van der Waals surface area contributed by atoms with Gasteiger partial charge in [0.25, 0.3) is 0 Å². The minimum atomic E-state index is -0.709. The van der Waals surface area contributed by atoms with Gasteiger partial charge < -0.3 is 10.4 Å². The largest absolute Gasteiger partial charge is 0.481 e. The van der Waals surface area contributed by atoms with Gasteiger partial charge in [-0.25, -0.2) is 4.68 Å². The van der Waals surface area contributed by atoms with Crippen molar-refractivity contribution in [3.05, 3.63) is 48.3 Å². The molecule has 0 bridgehead atoms. The zero-order chi connectivity index (χ0) is 16.7. The number of para-hydroxylation sites is 1. The molecule has 0 spiro atoms. The van der Waals surface area contributed by atoms with Crippen molar-refractivity contribution < 1.29 is 9.90 Å². The Hall–Kier alpha value is -2.14. The molecule has 5 heteroatoms. The van der Waals surface area contributed by atoms with Gasteiger partial charge in [0.05, 0.1) is 17.8 Å². The summed E-state index contributed by atoms with van der Waals surface area (Å²) in [5.41, 5.74) is 2.19. The topological polar surface area (TPSA) is 67.2 Å². The van der Waals surface area contributed by atoms with Crippen molar-refractivity contribution in [2.24, 2.45) is 5.92 Å². The molecule has 0 aliphatic rings. The van der Waals surface area contributed by atoms with Crippen LogP contribution in [0.25, 0.3) is 5.69 Å². The highest BCUT2D eigenvalue weighted by Gasteiger charge is 2.11. The molecule has 124 valence electrons. The summed E-state index contributed by atoms with van der Waals surface area (Å²) in [4.78, 5) is 10.8. The number of carboxylic acid groups (broad SMARTS) is 1. The molecule has 1 aromatic carbocycles. The van der Waals surface area contributed by atoms with Gasteiger partial charge in [0.2, 0.25) is 0 Å². The number of hydrogen-bond donors (Lipinski definition) is 2. The quantitative estimate of drug-likeness (QED) is 0.745. The van der Waals surface area contributed by atoms with Crippen LogP contribution in [0.1, 0.15) is 38.7 Å². The van der Waals surface area contributed by atoms with Gasteiger partial charge in [0, 0.05) is 24.3 Å². The third-order valence-electron chi connectivity index (χ3n) is 4.01. The average Bonchev–Trinajstić information content (AvgIpc) is 3.02. The second-order valence-corrected chi connectivity index (χ2v) is 6.08. The fraction of sp³-hybridized carbons (Fsp3) is 0.444. The Morgan fingerprint density at radius 2 is 2.00 bits per heavy atom. The lowest BCUT2D eigenvalue weighted by molar-refractivity contribution is -0.141. The van der Waals surface area contributed by atoms with E-state index < -0.39 is 5.97 Å². The monoisotopic (exact) mass is 315 g/mol. The lowest BCUT2D eigenvalue weighted by Crippen LogP contribution is -2.25. The first-order valence-corrected chi connectivity index (χ1v) is 8.11. The van der Waals surface area contributed by atoms with E-state index in [1.165, 1.54) is 0 Å². The fourth-order valence-corrected chi connectivity index (χ4v) is 2.42. The summed E-state index contributed by atoms with van der Waals surface area (Å²) in [6.45, 7) is 4.66. The molecular weight excluding hydrogens is 290 g/mol. The molecule has 0 amide bonds. The smallest absolute Gasteiger partial charge is 0.306 e. The maximum Gasteiger partial charge on any atom is 0.306 e. The zero-order valence-corrected chi connectivity index (χ0v) is 13.8. The van der Waals surface area contributed by atoms with Crippen LogP contribution < -0.4 is 5.32 Å². The zero-order valence-electron chi connectivity index (χ0n) is 13.8. The summed E-state index contributed by atoms with van der Waals surface area (Å²) in [5, 5.41) is 16.7. The molecule has 0 saturated carbocycles. The van der Waals surface area contributed by atoms with Crippen LogP contribution in [0.4, 0.5) is 0 Å². The Labute approximate surface area is 137 Å².